The van der Waals surface area contributed by atoms with E-state index in [1.807, 2.05) is 0 Å². The molecule has 1 aromatic rings. The molecule has 0 spiro atoms. The fraction of sp³-hybridized carbons (Fsp3) is 0.611. The van der Waals surface area contributed by atoms with Crippen molar-refractivity contribution >= 4 is 5.97 Å². The van der Waals surface area contributed by atoms with Gasteiger partial charge in [0.2, 0.25) is 5.75 Å². The second-order valence-electron chi connectivity index (χ2n) is 5.32. The van der Waals surface area contributed by atoms with Gasteiger partial charge in [0, 0.05) is 0 Å². The molecule has 0 atom stereocenters. The van der Waals surface area contributed by atoms with Crippen LogP contribution in [0.15, 0.2) is 12.1 Å². The maximum atomic E-state index is 11.7. The number of carbonyl (C=O) groups excluding carboxylic acids is 1. The van der Waals surface area contributed by atoms with Gasteiger partial charge in [-0.2, -0.15) is 0 Å². The SMILES string of the molecule is CCCCCCCCOc1c(OC)cc(C(=O)OC)cc1OC. The number of esters is 1. The Balaban J connectivity index is 2.67. The average Bonchev–Trinajstić information content (AvgIpc) is 2.59. The van der Waals surface area contributed by atoms with Crippen molar-refractivity contribution in [3.63, 3.8) is 0 Å². The first-order valence-electron chi connectivity index (χ1n) is 8.15. The lowest BCUT2D eigenvalue weighted by atomic mass is 10.1. The van der Waals surface area contributed by atoms with Gasteiger partial charge in [-0.25, -0.2) is 4.79 Å². The van der Waals surface area contributed by atoms with Crippen molar-refractivity contribution < 1.29 is 23.7 Å². The van der Waals surface area contributed by atoms with Gasteiger partial charge in [-0.1, -0.05) is 39.0 Å². The Hall–Kier alpha value is -1.91. The summed E-state index contributed by atoms with van der Waals surface area (Å²) in [6.07, 6.45) is 7.16. The third-order valence-corrected chi connectivity index (χ3v) is 3.63. The van der Waals surface area contributed by atoms with E-state index in [9.17, 15) is 4.79 Å². The highest BCUT2D eigenvalue weighted by Gasteiger charge is 2.17. The quantitative estimate of drug-likeness (QED) is 0.450. The number of unbranched alkanes of at least 4 members (excludes halogenated alkanes) is 5. The van der Waals surface area contributed by atoms with Crippen LogP contribution in [0.25, 0.3) is 0 Å². The van der Waals surface area contributed by atoms with E-state index < -0.39 is 5.97 Å². The van der Waals surface area contributed by atoms with Crippen molar-refractivity contribution in [2.75, 3.05) is 27.9 Å². The summed E-state index contributed by atoms with van der Waals surface area (Å²) < 4.78 is 21.2. The fourth-order valence-electron chi connectivity index (χ4n) is 2.31. The van der Waals surface area contributed by atoms with Crippen molar-refractivity contribution in [1.82, 2.24) is 0 Å². The summed E-state index contributed by atoms with van der Waals surface area (Å²) in [6, 6.07) is 3.20. The fourth-order valence-corrected chi connectivity index (χ4v) is 2.31. The van der Waals surface area contributed by atoms with Gasteiger partial charge in [0.25, 0.3) is 0 Å². The van der Waals surface area contributed by atoms with Crippen LogP contribution in [0.4, 0.5) is 0 Å². The van der Waals surface area contributed by atoms with Gasteiger partial charge >= 0.3 is 5.97 Å². The Labute approximate surface area is 138 Å². The molecule has 130 valence electrons. The molecule has 0 bridgehead atoms. The molecule has 0 aliphatic rings. The predicted molar refractivity (Wildman–Crippen MR) is 89.8 cm³/mol. The Morgan fingerprint density at radius 1 is 0.913 bits per heavy atom. The van der Waals surface area contributed by atoms with E-state index in [0.717, 1.165) is 12.8 Å². The molecule has 1 rings (SSSR count). The first kappa shape index (κ1) is 19.1. The molecular formula is C18H28O5. The average molecular weight is 324 g/mol. The largest absolute Gasteiger partial charge is 0.493 e. The lowest BCUT2D eigenvalue weighted by Crippen LogP contribution is -2.06. The highest BCUT2D eigenvalue weighted by atomic mass is 16.5. The lowest BCUT2D eigenvalue weighted by Gasteiger charge is -2.15. The third kappa shape index (κ3) is 6.00. The van der Waals surface area contributed by atoms with E-state index in [1.54, 1.807) is 12.1 Å². The van der Waals surface area contributed by atoms with Gasteiger partial charge in [0.1, 0.15) is 0 Å². The second kappa shape index (κ2) is 10.8. The van der Waals surface area contributed by atoms with E-state index in [1.165, 1.54) is 47.0 Å². The van der Waals surface area contributed by atoms with E-state index in [0.29, 0.717) is 29.4 Å². The number of carbonyl (C=O) groups is 1. The molecule has 23 heavy (non-hydrogen) atoms. The first-order valence-corrected chi connectivity index (χ1v) is 8.15. The number of methoxy groups -OCH3 is 3. The summed E-state index contributed by atoms with van der Waals surface area (Å²) in [5.41, 5.74) is 0.369. The van der Waals surface area contributed by atoms with Crippen LogP contribution in [0.5, 0.6) is 17.2 Å². The van der Waals surface area contributed by atoms with Crippen molar-refractivity contribution in [3.8, 4) is 17.2 Å². The smallest absolute Gasteiger partial charge is 0.338 e. The standard InChI is InChI=1S/C18H28O5/c1-5-6-7-8-9-10-11-23-17-15(20-2)12-14(18(19)22-4)13-16(17)21-3/h12-13H,5-11H2,1-4H3. The van der Waals surface area contributed by atoms with Crippen LogP contribution >= 0.6 is 0 Å². The number of benzene rings is 1. The predicted octanol–water partition coefficient (Wildman–Crippen LogP) is 4.23. The number of ether oxygens (including phenoxy) is 4. The molecule has 1 aromatic carbocycles. The normalized spacial score (nSPS) is 10.3. The van der Waals surface area contributed by atoms with E-state index in [4.69, 9.17) is 18.9 Å². The minimum absolute atomic E-state index is 0.369. The van der Waals surface area contributed by atoms with Crippen LogP contribution in [-0.4, -0.2) is 33.9 Å². The Morgan fingerprint density at radius 2 is 1.48 bits per heavy atom. The molecule has 0 aliphatic heterocycles. The van der Waals surface area contributed by atoms with Gasteiger partial charge in [-0.05, 0) is 18.6 Å². The summed E-state index contributed by atoms with van der Waals surface area (Å²) in [6.45, 7) is 2.80. The zero-order valence-corrected chi connectivity index (χ0v) is 14.6. The van der Waals surface area contributed by atoms with Gasteiger partial charge in [0.05, 0.1) is 33.5 Å². The van der Waals surface area contributed by atoms with Gasteiger partial charge in [-0.3, -0.25) is 0 Å². The molecule has 0 amide bonds. The van der Waals surface area contributed by atoms with Crippen LogP contribution < -0.4 is 14.2 Å². The molecule has 0 heterocycles. The molecule has 5 heteroatoms. The maximum absolute atomic E-state index is 11.7. The van der Waals surface area contributed by atoms with Crippen LogP contribution in [0.1, 0.15) is 55.8 Å². The van der Waals surface area contributed by atoms with E-state index in [-0.39, 0.29) is 0 Å². The molecule has 0 saturated heterocycles. The summed E-state index contributed by atoms with van der Waals surface area (Å²) in [4.78, 5) is 11.7. The highest BCUT2D eigenvalue weighted by molar-refractivity contribution is 5.91. The summed E-state index contributed by atoms with van der Waals surface area (Å²) in [5, 5.41) is 0. The van der Waals surface area contributed by atoms with Crippen molar-refractivity contribution in [1.29, 1.82) is 0 Å². The molecular weight excluding hydrogens is 296 g/mol. The lowest BCUT2D eigenvalue weighted by molar-refractivity contribution is 0.0599. The van der Waals surface area contributed by atoms with E-state index >= 15 is 0 Å². The van der Waals surface area contributed by atoms with Crippen LogP contribution in [-0.2, 0) is 4.74 Å². The Morgan fingerprint density at radius 3 is 2.00 bits per heavy atom. The topological polar surface area (TPSA) is 54.0 Å². The van der Waals surface area contributed by atoms with E-state index in [2.05, 4.69) is 6.92 Å². The van der Waals surface area contributed by atoms with Crippen molar-refractivity contribution in [3.05, 3.63) is 17.7 Å². The second-order valence-corrected chi connectivity index (χ2v) is 5.32. The summed E-state index contributed by atoms with van der Waals surface area (Å²) in [5.74, 6) is 1.02. The number of hydrogen-bond donors (Lipinski definition) is 0. The molecule has 0 aliphatic carbocycles. The Bertz CT molecular complexity index is 459. The zero-order chi connectivity index (χ0) is 17.1. The van der Waals surface area contributed by atoms with Crippen LogP contribution in [0, 0.1) is 0 Å². The molecule has 0 aromatic heterocycles. The minimum Gasteiger partial charge on any atom is -0.493 e. The van der Waals surface area contributed by atoms with Crippen molar-refractivity contribution in [2.24, 2.45) is 0 Å². The number of rotatable bonds is 11. The van der Waals surface area contributed by atoms with Gasteiger partial charge < -0.3 is 18.9 Å². The molecule has 0 unspecified atom stereocenters. The molecule has 0 radical (unpaired) electrons. The molecule has 0 N–H and O–H groups in total. The van der Waals surface area contributed by atoms with Crippen molar-refractivity contribution in [2.45, 2.75) is 45.4 Å². The molecule has 0 saturated carbocycles. The van der Waals surface area contributed by atoms with Crippen LogP contribution in [0.2, 0.25) is 0 Å². The monoisotopic (exact) mass is 324 g/mol. The van der Waals surface area contributed by atoms with Crippen LogP contribution in [0.3, 0.4) is 0 Å². The highest BCUT2D eigenvalue weighted by Crippen LogP contribution is 2.38. The molecule has 5 nitrogen and oxygen atoms in total. The van der Waals surface area contributed by atoms with Gasteiger partial charge in [0.15, 0.2) is 11.5 Å². The number of hydrogen-bond acceptors (Lipinski definition) is 5. The Kier molecular flexibility index (Phi) is 8.95. The first-order chi connectivity index (χ1) is 11.2. The third-order valence-electron chi connectivity index (χ3n) is 3.63. The summed E-state index contributed by atoms with van der Waals surface area (Å²) in [7, 11) is 4.41. The minimum atomic E-state index is -0.441. The molecule has 0 fully saturated rings. The summed E-state index contributed by atoms with van der Waals surface area (Å²) >= 11 is 0. The van der Waals surface area contributed by atoms with Gasteiger partial charge in [-0.15, -0.1) is 0 Å². The maximum Gasteiger partial charge on any atom is 0.338 e. The zero-order valence-electron chi connectivity index (χ0n) is 14.6.